The zero-order valence-corrected chi connectivity index (χ0v) is 19.2. The normalized spacial score (nSPS) is 12.0. The first kappa shape index (κ1) is 24.2. The first-order chi connectivity index (χ1) is 14.6. The topological polar surface area (TPSA) is 102 Å². The van der Waals surface area contributed by atoms with Crippen molar-refractivity contribution in [2.45, 2.75) is 33.2 Å². The van der Waals surface area contributed by atoms with Crippen molar-refractivity contribution in [3.05, 3.63) is 53.6 Å². The van der Waals surface area contributed by atoms with E-state index in [1.165, 1.54) is 7.11 Å². The van der Waals surface area contributed by atoms with Crippen molar-refractivity contribution in [2.24, 2.45) is 0 Å². The minimum Gasteiger partial charge on any atom is -0.494 e. The fraction of sp³-hybridized carbons (Fsp3) is 0.364. The Morgan fingerprint density at radius 2 is 1.74 bits per heavy atom. The molecule has 0 aromatic heterocycles. The van der Waals surface area contributed by atoms with Crippen LogP contribution >= 0.6 is 0 Å². The minimum absolute atomic E-state index is 0.238. The van der Waals surface area contributed by atoms with E-state index in [4.69, 9.17) is 9.47 Å². The largest absolute Gasteiger partial charge is 0.494 e. The van der Waals surface area contributed by atoms with E-state index in [-0.39, 0.29) is 6.42 Å². The van der Waals surface area contributed by atoms with Crippen LogP contribution in [-0.4, -0.2) is 46.3 Å². The van der Waals surface area contributed by atoms with E-state index in [2.05, 4.69) is 5.32 Å². The Labute approximate surface area is 183 Å². The second-order valence-corrected chi connectivity index (χ2v) is 8.73. The van der Waals surface area contributed by atoms with Crippen molar-refractivity contribution in [1.82, 2.24) is 0 Å². The first-order valence-electron chi connectivity index (χ1n) is 9.85. The molecule has 31 heavy (non-hydrogen) atoms. The SMILES string of the molecule is CCOc1ccc(N([C@H](CC)C(=O)Nc2cccc(C(=O)OC)c2C)S(C)(=O)=O)cc1. The molecular formula is C22H28N2O6S. The summed E-state index contributed by atoms with van der Waals surface area (Å²) in [6.07, 6.45) is 1.30. The van der Waals surface area contributed by atoms with Gasteiger partial charge in [-0.2, -0.15) is 0 Å². The molecule has 2 rings (SSSR count). The number of hydrogen-bond acceptors (Lipinski definition) is 6. The molecule has 1 atom stereocenters. The lowest BCUT2D eigenvalue weighted by atomic mass is 10.1. The zero-order chi connectivity index (χ0) is 23.2. The van der Waals surface area contributed by atoms with Crippen molar-refractivity contribution in [3.63, 3.8) is 0 Å². The second kappa shape index (κ2) is 10.3. The molecule has 2 aromatic carbocycles. The molecule has 1 N–H and O–H groups in total. The van der Waals surface area contributed by atoms with Gasteiger partial charge in [-0.1, -0.05) is 13.0 Å². The minimum atomic E-state index is -3.77. The summed E-state index contributed by atoms with van der Waals surface area (Å²) < 4.78 is 36.5. The van der Waals surface area contributed by atoms with Gasteiger partial charge in [0.2, 0.25) is 15.9 Å². The molecule has 0 saturated heterocycles. The number of methoxy groups -OCH3 is 1. The van der Waals surface area contributed by atoms with E-state index < -0.39 is 27.9 Å². The number of hydrogen-bond donors (Lipinski definition) is 1. The number of carbonyl (C=O) groups is 2. The van der Waals surface area contributed by atoms with Gasteiger partial charge < -0.3 is 14.8 Å². The number of esters is 1. The summed E-state index contributed by atoms with van der Waals surface area (Å²) in [6, 6.07) is 10.4. The van der Waals surface area contributed by atoms with Crippen molar-refractivity contribution in [2.75, 3.05) is 29.6 Å². The van der Waals surface area contributed by atoms with Crippen LogP contribution in [0.2, 0.25) is 0 Å². The highest BCUT2D eigenvalue weighted by Gasteiger charge is 2.32. The fourth-order valence-corrected chi connectivity index (χ4v) is 4.45. The smallest absolute Gasteiger partial charge is 0.338 e. The second-order valence-electron chi connectivity index (χ2n) is 6.87. The lowest BCUT2D eigenvalue weighted by Gasteiger charge is -2.30. The Bertz CT molecular complexity index is 1030. The van der Waals surface area contributed by atoms with Crippen LogP contribution in [0.4, 0.5) is 11.4 Å². The maximum absolute atomic E-state index is 13.1. The molecule has 0 spiro atoms. The van der Waals surface area contributed by atoms with Gasteiger partial charge in [-0.05, 0) is 62.2 Å². The number of anilines is 2. The van der Waals surface area contributed by atoms with Crippen molar-refractivity contribution >= 4 is 33.3 Å². The summed E-state index contributed by atoms with van der Waals surface area (Å²) in [5.74, 6) is -0.424. The van der Waals surface area contributed by atoms with Gasteiger partial charge in [0, 0.05) is 5.69 Å². The van der Waals surface area contributed by atoms with Gasteiger partial charge in [0.25, 0.3) is 0 Å². The molecule has 0 heterocycles. The lowest BCUT2D eigenvalue weighted by Crippen LogP contribution is -2.47. The average molecular weight is 449 g/mol. The van der Waals surface area contributed by atoms with Gasteiger partial charge in [0.05, 0.1) is 31.2 Å². The number of nitrogens with one attached hydrogen (secondary N) is 1. The van der Waals surface area contributed by atoms with Crippen molar-refractivity contribution < 1.29 is 27.5 Å². The maximum Gasteiger partial charge on any atom is 0.338 e. The van der Waals surface area contributed by atoms with Gasteiger partial charge in [-0.3, -0.25) is 9.10 Å². The van der Waals surface area contributed by atoms with Crippen LogP contribution in [-0.2, 0) is 19.6 Å². The number of amides is 1. The number of benzene rings is 2. The number of ether oxygens (including phenoxy) is 2. The van der Waals surface area contributed by atoms with Crippen LogP contribution in [0.25, 0.3) is 0 Å². The van der Waals surface area contributed by atoms with Gasteiger partial charge in [-0.15, -0.1) is 0 Å². The molecule has 2 aromatic rings. The summed E-state index contributed by atoms with van der Waals surface area (Å²) in [6.45, 7) is 5.75. The van der Waals surface area contributed by atoms with Gasteiger partial charge >= 0.3 is 5.97 Å². The molecule has 0 radical (unpaired) electrons. The molecule has 0 unspecified atom stereocenters. The highest BCUT2D eigenvalue weighted by Crippen LogP contribution is 2.27. The number of nitrogens with zero attached hydrogens (tertiary/aromatic N) is 1. The summed E-state index contributed by atoms with van der Waals surface area (Å²) in [7, 11) is -2.49. The van der Waals surface area contributed by atoms with E-state index >= 15 is 0 Å². The molecule has 168 valence electrons. The van der Waals surface area contributed by atoms with Crippen LogP contribution in [0.3, 0.4) is 0 Å². The summed E-state index contributed by atoms with van der Waals surface area (Å²) in [4.78, 5) is 25.0. The Morgan fingerprint density at radius 3 is 2.26 bits per heavy atom. The average Bonchev–Trinajstić information content (AvgIpc) is 2.73. The standard InChI is InChI=1S/C22H28N2O6S/c1-6-20(21(25)23-19-10-8-9-18(15(19)3)22(26)29-4)24(31(5,27)28)16-11-13-17(14-12-16)30-7-2/h8-14,20H,6-7H2,1-5H3,(H,23,25)/t20-/m1/s1. The Hall–Kier alpha value is -3.07. The van der Waals surface area contributed by atoms with E-state index in [1.54, 1.807) is 56.3 Å². The number of rotatable bonds is 9. The van der Waals surface area contributed by atoms with Crippen LogP contribution < -0.4 is 14.4 Å². The summed E-state index contributed by atoms with van der Waals surface area (Å²) >= 11 is 0. The predicted octanol–water partition coefficient (Wildman–Crippen LogP) is 3.36. The molecule has 1 amide bonds. The van der Waals surface area contributed by atoms with Gasteiger partial charge in [0.15, 0.2) is 0 Å². The molecule has 9 heteroatoms. The highest BCUT2D eigenvalue weighted by molar-refractivity contribution is 7.92. The molecule has 0 aliphatic carbocycles. The van der Waals surface area contributed by atoms with E-state index in [9.17, 15) is 18.0 Å². The van der Waals surface area contributed by atoms with Crippen molar-refractivity contribution in [1.29, 1.82) is 0 Å². The summed E-state index contributed by atoms with van der Waals surface area (Å²) in [5.41, 5.74) is 1.61. The monoisotopic (exact) mass is 448 g/mol. The van der Waals surface area contributed by atoms with Crippen molar-refractivity contribution in [3.8, 4) is 5.75 Å². The molecule has 0 saturated carbocycles. The molecule has 0 bridgehead atoms. The predicted molar refractivity (Wildman–Crippen MR) is 120 cm³/mol. The van der Waals surface area contributed by atoms with E-state index in [1.807, 2.05) is 6.92 Å². The fourth-order valence-electron chi connectivity index (χ4n) is 3.23. The molecule has 0 fully saturated rings. The Balaban J connectivity index is 2.39. The Morgan fingerprint density at radius 1 is 1.10 bits per heavy atom. The molecular weight excluding hydrogens is 420 g/mol. The third-order valence-corrected chi connectivity index (χ3v) is 5.91. The van der Waals surface area contributed by atoms with E-state index in [0.717, 1.165) is 10.6 Å². The number of sulfonamides is 1. The number of carbonyl (C=O) groups excluding carboxylic acids is 2. The third kappa shape index (κ3) is 5.75. The molecule has 0 aliphatic rings. The zero-order valence-electron chi connectivity index (χ0n) is 18.3. The Kier molecular flexibility index (Phi) is 8.04. The highest BCUT2D eigenvalue weighted by atomic mass is 32.2. The summed E-state index contributed by atoms with van der Waals surface area (Å²) in [5, 5.41) is 2.76. The van der Waals surface area contributed by atoms with Crippen LogP contribution in [0.1, 0.15) is 36.2 Å². The van der Waals surface area contributed by atoms with E-state index in [0.29, 0.717) is 34.9 Å². The first-order valence-corrected chi connectivity index (χ1v) is 11.7. The molecule has 8 nitrogen and oxygen atoms in total. The lowest BCUT2D eigenvalue weighted by molar-refractivity contribution is -0.117. The third-order valence-electron chi connectivity index (χ3n) is 4.73. The van der Waals surface area contributed by atoms with Gasteiger partial charge in [0.1, 0.15) is 11.8 Å². The quantitative estimate of drug-likeness (QED) is 0.590. The van der Waals surface area contributed by atoms with Crippen LogP contribution in [0.15, 0.2) is 42.5 Å². The van der Waals surface area contributed by atoms with Crippen LogP contribution in [0, 0.1) is 6.92 Å². The van der Waals surface area contributed by atoms with Gasteiger partial charge in [-0.25, -0.2) is 13.2 Å². The van der Waals surface area contributed by atoms with Crippen LogP contribution in [0.5, 0.6) is 5.75 Å². The maximum atomic E-state index is 13.1. The molecule has 0 aliphatic heterocycles.